The van der Waals surface area contributed by atoms with Crippen molar-refractivity contribution in [1.82, 2.24) is 0 Å². The van der Waals surface area contributed by atoms with Crippen molar-refractivity contribution in [2.24, 2.45) is 11.7 Å². The normalized spacial score (nSPS) is 36.9. The molecular formula is C9H12F7N. The van der Waals surface area contributed by atoms with Gasteiger partial charge in [-0.2, -0.15) is 17.6 Å². The predicted octanol–water partition coefficient (Wildman–Crippen LogP) is 2.99. The van der Waals surface area contributed by atoms with E-state index in [-0.39, 0.29) is 6.92 Å². The molecule has 1 aliphatic rings. The summed E-state index contributed by atoms with van der Waals surface area (Å²) >= 11 is 0. The van der Waals surface area contributed by atoms with Crippen LogP contribution in [0.2, 0.25) is 0 Å². The van der Waals surface area contributed by atoms with Gasteiger partial charge < -0.3 is 5.73 Å². The van der Waals surface area contributed by atoms with Gasteiger partial charge in [0.1, 0.15) is 0 Å². The first-order chi connectivity index (χ1) is 7.42. The summed E-state index contributed by atoms with van der Waals surface area (Å²) in [7, 11) is 0. The lowest BCUT2D eigenvalue weighted by Crippen LogP contribution is -2.69. The summed E-state index contributed by atoms with van der Waals surface area (Å²) < 4.78 is 92.5. The average Bonchev–Trinajstić information content (AvgIpc) is 2.13. The third-order valence-electron chi connectivity index (χ3n) is 3.25. The Morgan fingerprint density at radius 1 is 1.18 bits per heavy atom. The topological polar surface area (TPSA) is 26.0 Å². The van der Waals surface area contributed by atoms with Crippen LogP contribution in [-0.4, -0.2) is 30.0 Å². The first-order valence-corrected chi connectivity index (χ1v) is 4.94. The Kier molecular flexibility index (Phi) is 3.19. The minimum Gasteiger partial charge on any atom is -0.330 e. The van der Waals surface area contributed by atoms with Crippen molar-refractivity contribution in [3.8, 4) is 0 Å². The highest BCUT2D eigenvalue weighted by atomic mass is 19.3. The van der Waals surface area contributed by atoms with Crippen molar-refractivity contribution >= 4 is 0 Å². The summed E-state index contributed by atoms with van der Waals surface area (Å²) in [6.45, 7) is -0.937. The van der Waals surface area contributed by atoms with E-state index in [0.29, 0.717) is 0 Å². The van der Waals surface area contributed by atoms with Crippen molar-refractivity contribution < 1.29 is 30.7 Å². The summed E-state index contributed by atoms with van der Waals surface area (Å²) in [6.07, 6.45) is -2.15. The van der Waals surface area contributed by atoms with E-state index in [9.17, 15) is 30.7 Å². The highest BCUT2D eigenvalue weighted by molar-refractivity contribution is 5.13. The zero-order valence-electron chi connectivity index (χ0n) is 8.92. The summed E-state index contributed by atoms with van der Waals surface area (Å²) in [5.74, 6) is -16.9. The van der Waals surface area contributed by atoms with Crippen molar-refractivity contribution in [1.29, 1.82) is 0 Å². The van der Waals surface area contributed by atoms with E-state index in [2.05, 4.69) is 0 Å². The molecule has 1 rings (SSSR count). The molecule has 0 aromatic rings. The fourth-order valence-electron chi connectivity index (χ4n) is 1.99. The maximum Gasteiger partial charge on any atom is 0.349 e. The standard InChI is InChI=1S/C9H12F7N/c1-6(10,11)7(12)3-2-5(4-17)8(13,14)9(7,15)16/h5H,2-4,17H2,1H3. The second-order valence-corrected chi connectivity index (χ2v) is 4.36. The lowest BCUT2D eigenvalue weighted by molar-refractivity contribution is -0.351. The van der Waals surface area contributed by atoms with Gasteiger partial charge in [-0.1, -0.05) is 0 Å². The molecule has 0 amide bonds. The van der Waals surface area contributed by atoms with Gasteiger partial charge in [0.15, 0.2) is 0 Å². The molecule has 2 atom stereocenters. The van der Waals surface area contributed by atoms with Gasteiger partial charge in [0, 0.05) is 19.4 Å². The van der Waals surface area contributed by atoms with Gasteiger partial charge in [-0.3, -0.25) is 0 Å². The van der Waals surface area contributed by atoms with Crippen molar-refractivity contribution in [2.45, 2.75) is 43.2 Å². The molecule has 0 aromatic heterocycles. The van der Waals surface area contributed by atoms with E-state index in [4.69, 9.17) is 5.73 Å². The highest BCUT2D eigenvalue weighted by Gasteiger charge is 2.80. The molecule has 0 bridgehead atoms. The van der Waals surface area contributed by atoms with Crippen LogP contribution in [0.4, 0.5) is 30.7 Å². The van der Waals surface area contributed by atoms with Gasteiger partial charge in [-0.25, -0.2) is 13.2 Å². The van der Waals surface area contributed by atoms with Crippen LogP contribution in [0.5, 0.6) is 0 Å². The Morgan fingerprint density at radius 3 is 2.00 bits per heavy atom. The molecular weight excluding hydrogens is 255 g/mol. The number of hydrogen-bond acceptors (Lipinski definition) is 1. The number of halogens is 7. The summed E-state index contributed by atoms with van der Waals surface area (Å²) in [4.78, 5) is 0. The lowest BCUT2D eigenvalue weighted by Gasteiger charge is -2.47. The largest absolute Gasteiger partial charge is 0.349 e. The predicted molar refractivity (Wildman–Crippen MR) is 46.1 cm³/mol. The van der Waals surface area contributed by atoms with Crippen LogP contribution in [0.1, 0.15) is 19.8 Å². The average molecular weight is 267 g/mol. The van der Waals surface area contributed by atoms with E-state index in [0.717, 1.165) is 0 Å². The number of hydrogen-bond donors (Lipinski definition) is 1. The molecule has 0 heterocycles. The fourth-order valence-corrected chi connectivity index (χ4v) is 1.99. The molecule has 0 radical (unpaired) electrons. The first kappa shape index (κ1) is 14.5. The van der Waals surface area contributed by atoms with Gasteiger partial charge in [0.05, 0.1) is 0 Å². The van der Waals surface area contributed by atoms with Crippen molar-refractivity contribution in [2.75, 3.05) is 6.54 Å². The van der Waals surface area contributed by atoms with Crippen LogP contribution in [0.3, 0.4) is 0 Å². The van der Waals surface area contributed by atoms with Gasteiger partial charge in [0.2, 0.25) is 5.67 Å². The molecule has 2 N–H and O–H groups in total. The summed E-state index contributed by atoms with van der Waals surface area (Å²) in [5, 5.41) is 0. The van der Waals surface area contributed by atoms with E-state index in [1.807, 2.05) is 0 Å². The third kappa shape index (κ3) is 1.71. The van der Waals surface area contributed by atoms with Crippen LogP contribution in [-0.2, 0) is 0 Å². The van der Waals surface area contributed by atoms with Crippen LogP contribution >= 0.6 is 0 Å². The smallest absolute Gasteiger partial charge is 0.330 e. The number of nitrogens with two attached hydrogens (primary N) is 1. The van der Waals surface area contributed by atoms with Crippen molar-refractivity contribution in [3.63, 3.8) is 0 Å². The molecule has 102 valence electrons. The molecule has 1 nitrogen and oxygen atoms in total. The van der Waals surface area contributed by atoms with Crippen LogP contribution in [0.15, 0.2) is 0 Å². The van der Waals surface area contributed by atoms with E-state index in [1.54, 1.807) is 0 Å². The van der Waals surface area contributed by atoms with E-state index >= 15 is 0 Å². The Morgan fingerprint density at radius 2 is 1.65 bits per heavy atom. The third-order valence-corrected chi connectivity index (χ3v) is 3.25. The van der Waals surface area contributed by atoms with E-state index in [1.165, 1.54) is 0 Å². The Labute approximate surface area is 93.2 Å². The van der Waals surface area contributed by atoms with E-state index < -0.39 is 48.7 Å². The maximum atomic E-state index is 13.6. The van der Waals surface area contributed by atoms with Gasteiger partial charge >= 0.3 is 11.8 Å². The molecule has 0 aromatic carbocycles. The molecule has 0 saturated heterocycles. The zero-order valence-corrected chi connectivity index (χ0v) is 8.92. The Balaban J connectivity index is 3.25. The summed E-state index contributed by atoms with van der Waals surface area (Å²) in [6, 6.07) is 0. The molecule has 1 aliphatic carbocycles. The van der Waals surface area contributed by atoms with Crippen molar-refractivity contribution in [3.05, 3.63) is 0 Å². The molecule has 0 spiro atoms. The van der Waals surface area contributed by atoms with Crippen LogP contribution in [0, 0.1) is 5.92 Å². The molecule has 17 heavy (non-hydrogen) atoms. The minimum atomic E-state index is -5.44. The van der Waals surface area contributed by atoms with Gasteiger partial charge in [-0.05, 0) is 12.8 Å². The monoisotopic (exact) mass is 267 g/mol. The number of alkyl halides is 7. The molecule has 1 fully saturated rings. The second-order valence-electron chi connectivity index (χ2n) is 4.36. The molecule has 8 heteroatoms. The van der Waals surface area contributed by atoms with Gasteiger partial charge in [0.25, 0.3) is 5.92 Å². The Bertz CT molecular complexity index is 298. The van der Waals surface area contributed by atoms with Gasteiger partial charge in [-0.15, -0.1) is 0 Å². The van der Waals surface area contributed by atoms with Crippen LogP contribution in [0.25, 0.3) is 0 Å². The second kappa shape index (κ2) is 3.73. The summed E-state index contributed by atoms with van der Waals surface area (Å²) in [5.41, 5.74) is 0.328. The first-order valence-electron chi connectivity index (χ1n) is 4.94. The number of rotatable bonds is 2. The zero-order chi connectivity index (χ0) is 13.7. The lowest BCUT2D eigenvalue weighted by atomic mass is 9.71. The molecule has 2 unspecified atom stereocenters. The molecule has 0 aliphatic heterocycles. The minimum absolute atomic E-state index is 0.125. The Hall–Kier alpha value is -0.530. The maximum absolute atomic E-state index is 13.6. The molecule has 1 saturated carbocycles. The van der Waals surface area contributed by atoms with Crippen LogP contribution < -0.4 is 5.73 Å². The highest BCUT2D eigenvalue weighted by Crippen LogP contribution is 2.59. The fraction of sp³-hybridized carbons (Fsp3) is 1.00. The quantitative estimate of drug-likeness (QED) is 0.765. The SMILES string of the molecule is CC(F)(F)C1(F)CCC(CN)C(F)(F)C1(F)F.